The molecule has 0 fully saturated rings. The van der Waals surface area contributed by atoms with Gasteiger partial charge in [-0.1, -0.05) is 28.9 Å². The lowest BCUT2D eigenvalue weighted by atomic mass is 10.0. The van der Waals surface area contributed by atoms with Crippen molar-refractivity contribution in [3.63, 3.8) is 0 Å². The molecule has 0 saturated carbocycles. The molecule has 36 heavy (non-hydrogen) atoms. The van der Waals surface area contributed by atoms with E-state index in [1.807, 2.05) is 45.0 Å². The maximum atomic E-state index is 11.8. The molecule has 188 valence electrons. The quantitative estimate of drug-likeness (QED) is 0.236. The molecule has 1 aliphatic carbocycles. The van der Waals surface area contributed by atoms with Crippen molar-refractivity contribution >= 4 is 28.5 Å². The van der Waals surface area contributed by atoms with Gasteiger partial charge in [-0.2, -0.15) is 4.98 Å². The second kappa shape index (κ2) is 10.3. The first-order chi connectivity index (χ1) is 17.5. The molecule has 0 unspecified atom stereocenters. The van der Waals surface area contributed by atoms with Gasteiger partial charge >= 0.3 is 5.97 Å². The summed E-state index contributed by atoms with van der Waals surface area (Å²) >= 11 is 6.42. The summed E-state index contributed by atoms with van der Waals surface area (Å²) in [6.07, 6.45) is 4.36. The topological polar surface area (TPSA) is 79.4 Å². The van der Waals surface area contributed by atoms with E-state index in [0.717, 1.165) is 48.9 Å². The largest absolute Gasteiger partial charge is 0.489 e. The third-order valence-electron chi connectivity index (χ3n) is 6.43. The highest BCUT2D eigenvalue weighted by molar-refractivity contribution is 6.32. The van der Waals surface area contributed by atoms with Gasteiger partial charge in [-0.15, -0.1) is 0 Å². The number of ether oxygens (including phenoxy) is 2. The second-order valence-electron chi connectivity index (χ2n) is 9.27. The number of nitrogens with zero attached hydrogens (tertiary/aromatic N) is 3. The minimum Gasteiger partial charge on any atom is -0.489 e. The fourth-order valence-electron chi connectivity index (χ4n) is 5.01. The van der Waals surface area contributed by atoms with Crippen LogP contribution in [-0.2, 0) is 28.9 Å². The number of benzene rings is 2. The molecule has 2 heterocycles. The number of carbonyl (C=O) groups excluding carboxylic acids is 1. The van der Waals surface area contributed by atoms with Crippen LogP contribution in [-0.4, -0.2) is 33.4 Å². The molecule has 0 atom stereocenters. The van der Waals surface area contributed by atoms with Gasteiger partial charge in [-0.3, -0.25) is 4.79 Å². The van der Waals surface area contributed by atoms with Crippen molar-refractivity contribution in [3.05, 3.63) is 52.7 Å². The van der Waals surface area contributed by atoms with Gasteiger partial charge in [0, 0.05) is 40.7 Å². The normalized spacial score (nSPS) is 12.9. The number of rotatable bonds is 9. The van der Waals surface area contributed by atoms with Gasteiger partial charge < -0.3 is 18.6 Å². The number of halogens is 1. The summed E-state index contributed by atoms with van der Waals surface area (Å²) < 4.78 is 18.8. The summed E-state index contributed by atoms with van der Waals surface area (Å²) in [7, 11) is 0. The second-order valence-corrected chi connectivity index (χ2v) is 9.68. The predicted octanol–water partition coefficient (Wildman–Crippen LogP) is 6.63. The summed E-state index contributed by atoms with van der Waals surface area (Å²) in [5, 5.41) is 6.00. The highest BCUT2D eigenvalue weighted by Crippen LogP contribution is 2.39. The molecule has 0 spiro atoms. The molecule has 5 rings (SSSR count). The molecule has 4 aromatic rings. The molecule has 0 saturated heterocycles. The number of hydrogen-bond donors (Lipinski definition) is 0. The third kappa shape index (κ3) is 4.72. The SMILES string of the molecule is CCOC(=O)CCCn1c2c(c3c(-c4noc(-c5ccc(OC(C)C)c(Cl)c5)n4)cccc31)CCC2. The maximum absolute atomic E-state index is 11.8. The molecular weight excluding hydrogens is 478 g/mol. The van der Waals surface area contributed by atoms with Gasteiger partial charge in [0.1, 0.15) is 5.75 Å². The molecule has 0 aliphatic heterocycles. The molecule has 0 N–H and O–H groups in total. The van der Waals surface area contributed by atoms with E-state index in [-0.39, 0.29) is 12.1 Å². The van der Waals surface area contributed by atoms with Crippen LogP contribution in [0.5, 0.6) is 5.75 Å². The smallest absolute Gasteiger partial charge is 0.305 e. The molecule has 2 aromatic carbocycles. The van der Waals surface area contributed by atoms with Crippen LogP contribution in [0, 0.1) is 0 Å². The van der Waals surface area contributed by atoms with Crippen LogP contribution in [0.3, 0.4) is 0 Å². The first-order valence-corrected chi connectivity index (χ1v) is 12.9. The lowest BCUT2D eigenvalue weighted by Crippen LogP contribution is -2.07. The zero-order valence-corrected chi connectivity index (χ0v) is 21.6. The van der Waals surface area contributed by atoms with Crippen LogP contribution in [0.1, 0.15) is 51.3 Å². The van der Waals surface area contributed by atoms with E-state index in [4.69, 9.17) is 30.6 Å². The molecule has 1 aliphatic rings. The van der Waals surface area contributed by atoms with Gasteiger partial charge in [-0.25, -0.2) is 0 Å². The standard InChI is InChI=1S/C28H30ClN3O4/c1-4-34-25(33)12-7-15-32-22-10-5-8-19(22)26-20(9-6-11-23(26)32)27-30-28(36-31-27)18-13-14-24(21(29)16-18)35-17(2)3/h6,9,11,13-14,16-17H,4-5,7-8,10,12,15H2,1-3H3. The van der Waals surface area contributed by atoms with E-state index >= 15 is 0 Å². The van der Waals surface area contributed by atoms with Gasteiger partial charge in [-0.05, 0) is 76.3 Å². The van der Waals surface area contributed by atoms with Gasteiger partial charge in [0.25, 0.3) is 5.89 Å². The summed E-state index contributed by atoms with van der Waals surface area (Å²) in [5.74, 6) is 1.44. The minimum absolute atomic E-state index is 0.0306. The first-order valence-electron chi connectivity index (χ1n) is 12.6. The lowest BCUT2D eigenvalue weighted by Gasteiger charge is -2.11. The number of aromatic nitrogens is 3. The number of esters is 1. The highest BCUT2D eigenvalue weighted by Gasteiger charge is 2.25. The average Bonchev–Trinajstić information content (AvgIpc) is 3.58. The van der Waals surface area contributed by atoms with E-state index < -0.39 is 0 Å². The molecule has 0 amide bonds. The summed E-state index contributed by atoms with van der Waals surface area (Å²) in [4.78, 5) is 16.6. The van der Waals surface area contributed by atoms with Gasteiger partial charge in [0.2, 0.25) is 5.82 Å². The van der Waals surface area contributed by atoms with Crippen LogP contribution in [0.2, 0.25) is 5.02 Å². The van der Waals surface area contributed by atoms with E-state index in [1.54, 1.807) is 6.07 Å². The molecule has 0 radical (unpaired) electrons. The van der Waals surface area contributed by atoms with Crippen molar-refractivity contribution in [3.8, 4) is 28.6 Å². The molecule has 2 aromatic heterocycles. The van der Waals surface area contributed by atoms with E-state index in [9.17, 15) is 4.79 Å². The lowest BCUT2D eigenvalue weighted by molar-refractivity contribution is -0.143. The fraction of sp³-hybridized carbons (Fsp3) is 0.393. The van der Waals surface area contributed by atoms with E-state index in [2.05, 4.69) is 15.8 Å². The number of hydrogen-bond acceptors (Lipinski definition) is 6. The Hall–Kier alpha value is -3.32. The summed E-state index contributed by atoms with van der Waals surface area (Å²) in [6, 6.07) is 11.7. The summed E-state index contributed by atoms with van der Waals surface area (Å²) in [6.45, 7) is 6.94. The van der Waals surface area contributed by atoms with Crippen LogP contribution in [0.15, 0.2) is 40.9 Å². The predicted molar refractivity (Wildman–Crippen MR) is 139 cm³/mol. The summed E-state index contributed by atoms with van der Waals surface area (Å²) in [5.41, 5.74) is 5.53. The molecular formula is C28H30ClN3O4. The Bertz CT molecular complexity index is 1410. The Kier molecular flexibility index (Phi) is 7.01. The third-order valence-corrected chi connectivity index (χ3v) is 6.72. The van der Waals surface area contributed by atoms with Crippen LogP contribution in [0.4, 0.5) is 0 Å². The van der Waals surface area contributed by atoms with Crippen molar-refractivity contribution in [1.82, 2.24) is 14.7 Å². The zero-order valence-electron chi connectivity index (χ0n) is 20.8. The number of aryl methyl sites for hydroxylation is 2. The van der Waals surface area contributed by atoms with Gasteiger partial charge in [0.15, 0.2) is 0 Å². The van der Waals surface area contributed by atoms with Crippen molar-refractivity contribution in [2.24, 2.45) is 0 Å². The fourth-order valence-corrected chi connectivity index (χ4v) is 5.24. The van der Waals surface area contributed by atoms with Crippen LogP contribution < -0.4 is 4.74 Å². The monoisotopic (exact) mass is 507 g/mol. The van der Waals surface area contributed by atoms with Gasteiger partial charge in [0.05, 0.1) is 17.7 Å². The number of carbonyl (C=O) groups is 1. The maximum Gasteiger partial charge on any atom is 0.305 e. The average molecular weight is 508 g/mol. The van der Waals surface area contributed by atoms with E-state index in [0.29, 0.717) is 35.5 Å². The Labute approximate surface area is 215 Å². The Morgan fingerprint density at radius 1 is 1.22 bits per heavy atom. The van der Waals surface area contributed by atoms with Crippen molar-refractivity contribution in [1.29, 1.82) is 0 Å². The molecule has 0 bridgehead atoms. The molecule has 8 heteroatoms. The Morgan fingerprint density at radius 2 is 2.08 bits per heavy atom. The Balaban J connectivity index is 1.47. The number of fused-ring (bicyclic) bond motifs is 3. The Morgan fingerprint density at radius 3 is 2.86 bits per heavy atom. The van der Waals surface area contributed by atoms with Crippen molar-refractivity contribution < 1.29 is 18.8 Å². The van der Waals surface area contributed by atoms with Crippen molar-refractivity contribution in [2.45, 2.75) is 65.5 Å². The van der Waals surface area contributed by atoms with Crippen LogP contribution in [0.25, 0.3) is 33.7 Å². The van der Waals surface area contributed by atoms with Crippen molar-refractivity contribution in [2.75, 3.05) is 6.61 Å². The van der Waals surface area contributed by atoms with Crippen LogP contribution >= 0.6 is 11.6 Å². The first kappa shape index (κ1) is 24.4. The molecule has 7 nitrogen and oxygen atoms in total. The zero-order chi connectivity index (χ0) is 25.2. The highest BCUT2D eigenvalue weighted by atomic mass is 35.5. The van der Waals surface area contributed by atoms with E-state index in [1.165, 1.54) is 16.6 Å². The minimum atomic E-state index is -0.144.